The van der Waals surface area contributed by atoms with Crippen LogP contribution in [0.2, 0.25) is 0 Å². The van der Waals surface area contributed by atoms with Crippen LogP contribution in [-0.2, 0) is 9.53 Å². The number of ether oxygens (including phenoxy) is 1. The molecule has 1 saturated heterocycles. The highest BCUT2D eigenvalue weighted by molar-refractivity contribution is 9.11. The first kappa shape index (κ1) is 13.7. The van der Waals surface area contributed by atoms with Crippen molar-refractivity contribution >= 4 is 21.8 Å². The zero-order chi connectivity index (χ0) is 12.0. The Bertz CT molecular complexity index is 257. The lowest BCUT2D eigenvalue weighted by molar-refractivity contribution is -0.135. The lowest BCUT2D eigenvalue weighted by Crippen LogP contribution is -2.50. The van der Waals surface area contributed by atoms with Gasteiger partial charge in [0.15, 0.2) is 0 Å². The maximum atomic E-state index is 12.1. The molecule has 1 heterocycles. The van der Waals surface area contributed by atoms with Crippen LogP contribution in [-0.4, -0.2) is 39.3 Å². The van der Waals surface area contributed by atoms with Gasteiger partial charge in [-0.15, -0.1) is 0 Å². The normalized spacial score (nSPS) is 19.1. The molecule has 0 saturated carbocycles. The Morgan fingerprint density at radius 2 is 2.19 bits per heavy atom. The van der Waals surface area contributed by atoms with Crippen molar-refractivity contribution < 1.29 is 9.53 Å². The second-order valence-corrected chi connectivity index (χ2v) is 5.28. The molecule has 0 unspecified atom stereocenters. The first-order valence-corrected chi connectivity index (χ1v) is 6.21. The zero-order valence-electron chi connectivity index (χ0n) is 9.64. The summed E-state index contributed by atoms with van der Waals surface area (Å²) in [5, 5.41) is 6.14. The van der Waals surface area contributed by atoms with Gasteiger partial charge in [-0.25, -0.2) is 0 Å². The van der Waals surface area contributed by atoms with Crippen LogP contribution in [0, 0.1) is 5.41 Å². The first-order chi connectivity index (χ1) is 7.60. The largest absolute Gasteiger partial charge is 0.384 e. The molecule has 1 aliphatic heterocycles. The number of rotatable bonds is 5. The van der Waals surface area contributed by atoms with Gasteiger partial charge in [0.25, 0.3) is 0 Å². The standard InChI is InChI=1S/C11H19BrN2O2/c1-9(12)7-14-10(15)11(8-16-2)3-5-13-6-4-11/h13H,1,3-8H2,2H3,(H,14,15). The van der Waals surface area contributed by atoms with Gasteiger partial charge < -0.3 is 15.4 Å². The molecule has 0 aromatic carbocycles. The summed E-state index contributed by atoms with van der Waals surface area (Å²) in [5.41, 5.74) is -0.373. The SMILES string of the molecule is C=C(Br)CNC(=O)C1(COC)CCNCC1. The lowest BCUT2D eigenvalue weighted by atomic mass is 9.78. The smallest absolute Gasteiger partial charge is 0.228 e. The lowest BCUT2D eigenvalue weighted by Gasteiger charge is -2.35. The maximum Gasteiger partial charge on any atom is 0.228 e. The van der Waals surface area contributed by atoms with Crippen molar-refractivity contribution in [3.63, 3.8) is 0 Å². The molecule has 4 nitrogen and oxygen atoms in total. The Morgan fingerprint density at radius 1 is 1.56 bits per heavy atom. The van der Waals surface area contributed by atoms with E-state index in [1.54, 1.807) is 7.11 Å². The number of carbonyl (C=O) groups excluding carboxylic acids is 1. The molecular weight excluding hydrogens is 272 g/mol. The van der Waals surface area contributed by atoms with E-state index >= 15 is 0 Å². The number of hydrogen-bond donors (Lipinski definition) is 2. The highest BCUT2D eigenvalue weighted by Crippen LogP contribution is 2.29. The fraction of sp³-hybridized carbons (Fsp3) is 0.727. The molecule has 16 heavy (non-hydrogen) atoms. The minimum absolute atomic E-state index is 0.0662. The third-order valence-corrected chi connectivity index (χ3v) is 3.18. The van der Waals surface area contributed by atoms with Gasteiger partial charge >= 0.3 is 0 Å². The summed E-state index contributed by atoms with van der Waals surface area (Å²) in [6.07, 6.45) is 1.64. The van der Waals surface area contributed by atoms with E-state index < -0.39 is 0 Å². The minimum Gasteiger partial charge on any atom is -0.384 e. The highest BCUT2D eigenvalue weighted by atomic mass is 79.9. The van der Waals surface area contributed by atoms with Crippen LogP contribution in [0.4, 0.5) is 0 Å². The summed E-state index contributed by atoms with van der Waals surface area (Å²) >= 11 is 3.23. The quantitative estimate of drug-likeness (QED) is 0.795. The van der Waals surface area contributed by atoms with E-state index in [4.69, 9.17) is 4.74 Å². The number of halogens is 1. The van der Waals surface area contributed by atoms with Crippen LogP contribution in [0.5, 0.6) is 0 Å². The van der Waals surface area contributed by atoms with Crippen LogP contribution >= 0.6 is 15.9 Å². The van der Waals surface area contributed by atoms with Crippen molar-refractivity contribution in [2.75, 3.05) is 33.4 Å². The van der Waals surface area contributed by atoms with Gasteiger partial charge in [-0.2, -0.15) is 0 Å². The van der Waals surface area contributed by atoms with Crippen molar-refractivity contribution in [2.45, 2.75) is 12.8 Å². The van der Waals surface area contributed by atoms with Gasteiger partial charge in [0.05, 0.1) is 12.0 Å². The van der Waals surface area contributed by atoms with E-state index in [9.17, 15) is 4.79 Å². The molecule has 0 aliphatic carbocycles. The van der Waals surface area contributed by atoms with Crippen LogP contribution < -0.4 is 10.6 Å². The summed E-state index contributed by atoms with van der Waals surface area (Å²) in [7, 11) is 1.64. The second-order valence-electron chi connectivity index (χ2n) is 4.16. The summed E-state index contributed by atoms with van der Waals surface area (Å²) < 4.78 is 5.97. The molecule has 5 heteroatoms. The molecule has 2 N–H and O–H groups in total. The topological polar surface area (TPSA) is 50.4 Å². The fourth-order valence-corrected chi connectivity index (χ4v) is 2.12. The number of piperidine rings is 1. The fourth-order valence-electron chi connectivity index (χ4n) is 1.98. The van der Waals surface area contributed by atoms with Crippen LogP contribution in [0.3, 0.4) is 0 Å². The average Bonchev–Trinajstić information content (AvgIpc) is 2.27. The Labute approximate surface area is 105 Å². The molecule has 0 aromatic heterocycles. The summed E-state index contributed by atoms with van der Waals surface area (Å²) in [5.74, 6) is 0.0662. The summed E-state index contributed by atoms with van der Waals surface area (Å²) in [6, 6.07) is 0. The molecule has 0 aromatic rings. The molecule has 1 aliphatic rings. The molecule has 92 valence electrons. The van der Waals surface area contributed by atoms with E-state index in [2.05, 4.69) is 33.1 Å². The van der Waals surface area contributed by atoms with Crippen molar-refractivity contribution in [3.05, 3.63) is 11.1 Å². The monoisotopic (exact) mass is 290 g/mol. The second kappa shape index (κ2) is 6.37. The van der Waals surface area contributed by atoms with Crippen molar-refractivity contribution in [1.29, 1.82) is 0 Å². The molecule has 0 bridgehead atoms. The predicted molar refractivity (Wildman–Crippen MR) is 67.5 cm³/mol. The van der Waals surface area contributed by atoms with Gasteiger partial charge in [-0.1, -0.05) is 22.5 Å². The van der Waals surface area contributed by atoms with Crippen molar-refractivity contribution in [3.8, 4) is 0 Å². The van der Waals surface area contributed by atoms with Gasteiger partial charge in [0.2, 0.25) is 5.91 Å². The Balaban J connectivity index is 2.60. The molecule has 0 spiro atoms. The Kier molecular flexibility index (Phi) is 5.44. The zero-order valence-corrected chi connectivity index (χ0v) is 11.2. The number of carbonyl (C=O) groups is 1. The third-order valence-electron chi connectivity index (χ3n) is 2.90. The third kappa shape index (κ3) is 3.57. The highest BCUT2D eigenvalue weighted by Gasteiger charge is 2.39. The average molecular weight is 291 g/mol. The predicted octanol–water partition coefficient (Wildman–Crippen LogP) is 1.03. The summed E-state index contributed by atoms with van der Waals surface area (Å²) in [4.78, 5) is 12.1. The maximum absolute atomic E-state index is 12.1. The number of nitrogens with one attached hydrogen (secondary N) is 2. The van der Waals surface area contributed by atoms with Crippen LogP contribution in [0.25, 0.3) is 0 Å². The van der Waals surface area contributed by atoms with Gasteiger partial charge in [-0.3, -0.25) is 4.79 Å². The van der Waals surface area contributed by atoms with Crippen molar-refractivity contribution in [1.82, 2.24) is 10.6 Å². The Morgan fingerprint density at radius 3 is 2.69 bits per heavy atom. The van der Waals surface area contributed by atoms with E-state index in [1.807, 2.05) is 0 Å². The Hall–Kier alpha value is -0.390. The molecule has 1 fully saturated rings. The summed E-state index contributed by atoms with van der Waals surface area (Å²) in [6.45, 7) is 6.38. The van der Waals surface area contributed by atoms with Crippen LogP contribution in [0.15, 0.2) is 11.1 Å². The van der Waals surface area contributed by atoms with E-state index in [0.29, 0.717) is 13.2 Å². The van der Waals surface area contributed by atoms with E-state index in [0.717, 1.165) is 30.4 Å². The number of methoxy groups -OCH3 is 1. The molecular formula is C11H19BrN2O2. The molecule has 1 rings (SSSR count). The van der Waals surface area contributed by atoms with Crippen molar-refractivity contribution in [2.24, 2.45) is 5.41 Å². The van der Waals surface area contributed by atoms with E-state index in [1.165, 1.54) is 0 Å². The molecule has 1 amide bonds. The molecule has 0 atom stereocenters. The molecule has 0 radical (unpaired) electrons. The van der Waals surface area contributed by atoms with E-state index in [-0.39, 0.29) is 11.3 Å². The minimum atomic E-state index is -0.373. The number of hydrogen-bond acceptors (Lipinski definition) is 3. The van der Waals surface area contributed by atoms with Gasteiger partial charge in [0.1, 0.15) is 0 Å². The van der Waals surface area contributed by atoms with Gasteiger partial charge in [-0.05, 0) is 25.9 Å². The van der Waals surface area contributed by atoms with Gasteiger partial charge in [0, 0.05) is 18.1 Å². The van der Waals surface area contributed by atoms with Crippen LogP contribution in [0.1, 0.15) is 12.8 Å². The number of amides is 1. The first-order valence-electron chi connectivity index (χ1n) is 5.42.